The number of amides is 1. The Balaban J connectivity index is 1.86. The lowest BCUT2D eigenvalue weighted by Gasteiger charge is -2.32. The molecule has 0 radical (unpaired) electrons. The van der Waals surface area contributed by atoms with Crippen LogP contribution in [0.4, 0.5) is 0 Å². The van der Waals surface area contributed by atoms with Crippen LogP contribution in [0.2, 0.25) is 0 Å². The van der Waals surface area contributed by atoms with Crippen molar-refractivity contribution in [2.24, 2.45) is 5.73 Å². The van der Waals surface area contributed by atoms with Crippen LogP contribution in [0.25, 0.3) is 0 Å². The smallest absolute Gasteiger partial charge is 0.227 e. The summed E-state index contributed by atoms with van der Waals surface area (Å²) >= 11 is 0. The first-order chi connectivity index (χ1) is 10.2. The molecule has 1 aromatic carbocycles. The van der Waals surface area contributed by atoms with Crippen molar-refractivity contribution in [3.63, 3.8) is 0 Å². The summed E-state index contributed by atoms with van der Waals surface area (Å²) in [7, 11) is 0. The molecular formula is C17H26N2O2. The maximum Gasteiger partial charge on any atom is 0.227 e. The van der Waals surface area contributed by atoms with Crippen LogP contribution in [-0.2, 0) is 22.5 Å². The molecule has 1 unspecified atom stereocenters. The monoisotopic (exact) mass is 290 g/mol. The Morgan fingerprint density at radius 2 is 2.05 bits per heavy atom. The molecule has 1 saturated heterocycles. The van der Waals surface area contributed by atoms with Gasteiger partial charge < -0.3 is 15.4 Å². The molecule has 0 bridgehead atoms. The van der Waals surface area contributed by atoms with Crippen LogP contribution in [0.15, 0.2) is 24.3 Å². The maximum absolute atomic E-state index is 12.4. The third-order valence-electron chi connectivity index (χ3n) is 3.90. The van der Waals surface area contributed by atoms with Crippen LogP contribution in [0.5, 0.6) is 0 Å². The van der Waals surface area contributed by atoms with Crippen LogP contribution in [0.1, 0.15) is 37.3 Å². The molecule has 0 aliphatic carbocycles. The van der Waals surface area contributed by atoms with E-state index < -0.39 is 0 Å². The fourth-order valence-electron chi connectivity index (χ4n) is 2.66. The normalized spacial score (nSPS) is 18.8. The Morgan fingerprint density at radius 1 is 1.33 bits per heavy atom. The van der Waals surface area contributed by atoms with E-state index in [0.717, 1.165) is 50.1 Å². The third kappa shape index (κ3) is 4.83. The fourth-order valence-corrected chi connectivity index (χ4v) is 2.66. The summed E-state index contributed by atoms with van der Waals surface area (Å²) < 4.78 is 5.79. The lowest BCUT2D eigenvalue weighted by molar-refractivity contribution is -0.134. The van der Waals surface area contributed by atoms with Crippen molar-refractivity contribution in [3.8, 4) is 0 Å². The highest BCUT2D eigenvalue weighted by Crippen LogP contribution is 2.15. The van der Waals surface area contributed by atoms with Crippen molar-refractivity contribution in [1.82, 2.24) is 4.90 Å². The maximum atomic E-state index is 12.4. The van der Waals surface area contributed by atoms with Crippen molar-refractivity contribution >= 4 is 5.91 Å². The minimum absolute atomic E-state index is 0.195. The van der Waals surface area contributed by atoms with Gasteiger partial charge in [0.15, 0.2) is 0 Å². The number of piperidine rings is 1. The molecular weight excluding hydrogens is 264 g/mol. The molecule has 21 heavy (non-hydrogen) atoms. The summed E-state index contributed by atoms with van der Waals surface area (Å²) in [6, 6.07) is 7.97. The topological polar surface area (TPSA) is 55.6 Å². The third-order valence-corrected chi connectivity index (χ3v) is 3.90. The van der Waals surface area contributed by atoms with E-state index in [0.29, 0.717) is 13.0 Å². The average Bonchev–Trinajstić information content (AvgIpc) is 2.54. The van der Waals surface area contributed by atoms with Crippen molar-refractivity contribution in [1.29, 1.82) is 0 Å². The molecule has 1 aromatic rings. The van der Waals surface area contributed by atoms with Crippen LogP contribution in [0.3, 0.4) is 0 Å². The lowest BCUT2D eigenvalue weighted by atomic mass is 10.1. The Hall–Kier alpha value is -1.39. The largest absolute Gasteiger partial charge is 0.376 e. The fraction of sp³-hybridized carbons (Fsp3) is 0.588. The zero-order chi connectivity index (χ0) is 15.1. The molecule has 2 rings (SSSR count). The summed E-state index contributed by atoms with van der Waals surface area (Å²) in [6.07, 6.45) is 3.80. The number of rotatable bonds is 6. The second kappa shape index (κ2) is 8.15. The van der Waals surface area contributed by atoms with E-state index in [-0.39, 0.29) is 12.0 Å². The van der Waals surface area contributed by atoms with Gasteiger partial charge in [0.2, 0.25) is 5.91 Å². The van der Waals surface area contributed by atoms with Crippen molar-refractivity contribution in [2.45, 2.75) is 45.3 Å². The van der Waals surface area contributed by atoms with E-state index in [1.165, 1.54) is 0 Å². The molecule has 2 N–H and O–H groups in total. The van der Waals surface area contributed by atoms with E-state index in [2.05, 4.69) is 6.92 Å². The Morgan fingerprint density at radius 3 is 2.71 bits per heavy atom. The molecule has 116 valence electrons. The molecule has 1 heterocycles. The summed E-state index contributed by atoms with van der Waals surface area (Å²) in [5, 5.41) is 0. The number of benzene rings is 1. The van der Waals surface area contributed by atoms with E-state index in [4.69, 9.17) is 10.5 Å². The molecule has 1 amide bonds. The predicted octanol–water partition coefficient (Wildman–Crippen LogP) is 2.11. The van der Waals surface area contributed by atoms with Gasteiger partial charge in [-0.05, 0) is 30.4 Å². The second-order valence-electron chi connectivity index (χ2n) is 5.67. The van der Waals surface area contributed by atoms with Gasteiger partial charge in [0.25, 0.3) is 0 Å². The predicted molar refractivity (Wildman–Crippen MR) is 83.9 cm³/mol. The number of nitrogens with two attached hydrogens (primary N) is 1. The highest BCUT2D eigenvalue weighted by atomic mass is 16.5. The quantitative estimate of drug-likeness (QED) is 0.873. The van der Waals surface area contributed by atoms with Gasteiger partial charge in [-0.25, -0.2) is 0 Å². The van der Waals surface area contributed by atoms with Crippen LogP contribution in [0, 0.1) is 0 Å². The van der Waals surface area contributed by atoms with Gasteiger partial charge >= 0.3 is 0 Å². The molecule has 1 aliphatic rings. The Bertz CT molecular complexity index is 445. The molecule has 4 heteroatoms. The van der Waals surface area contributed by atoms with Crippen LogP contribution < -0.4 is 5.73 Å². The summed E-state index contributed by atoms with van der Waals surface area (Å²) in [4.78, 5) is 14.3. The number of likely N-dealkylation sites (tertiary alicyclic amines) is 1. The van der Waals surface area contributed by atoms with Crippen molar-refractivity contribution < 1.29 is 9.53 Å². The van der Waals surface area contributed by atoms with Crippen LogP contribution >= 0.6 is 0 Å². The first kappa shape index (κ1) is 16.0. The summed E-state index contributed by atoms with van der Waals surface area (Å²) in [6.45, 7) is 5.02. The van der Waals surface area contributed by atoms with Gasteiger partial charge in [0, 0.05) is 26.2 Å². The van der Waals surface area contributed by atoms with E-state index in [1.807, 2.05) is 29.2 Å². The van der Waals surface area contributed by atoms with Gasteiger partial charge in [-0.1, -0.05) is 31.2 Å². The van der Waals surface area contributed by atoms with E-state index >= 15 is 0 Å². The van der Waals surface area contributed by atoms with Gasteiger partial charge in [-0.3, -0.25) is 4.79 Å². The van der Waals surface area contributed by atoms with Crippen LogP contribution in [-0.4, -0.2) is 36.6 Å². The molecule has 0 aromatic heterocycles. The van der Waals surface area contributed by atoms with Crippen molar-refractivity contribution in [2.75, 3.05) is 19.7 Å². The number of ether oxygens (including phenoxy) is 1. The zero-order valence-electron chi connectivity index (χ0n) is 12.9. The second-order valence-corrected chi connectivity index (χ2v) is 5.67. The summed E-state index contributed by atoms with van der Waals surface area (Å²) in [5.74, 6) is 0.195. The number of nitrogens with zero attached hydrogens (tertiary/aromatic N) is 1. The number of hydrogen-bond acceptors (Lipinski definition) is 3. The lowest BCUT2D eigenvalue weighted by Crippen LogP contribution is -2.44. The Labute approximate surface area is 127 Å². The van der Waals surface area contributed by atoms with E-state index in [1.54, 1.807) is 0 Å². The number of hydrogen-bond donors (Lipinski definition) is 1. The number of carbonyl (C=O) groups is 1. The molecule has 0 spiro atoms. The molecule has 1 fully saturated rings. The molecule has 0 saturated carbocycles. The first-order valence-corrected chi connectivity index (χ1v) is 7.90. The van der Waals surface area contributed by atoms with Gasteiger partial charge in [-0.2, -0.15) is 0 Å². The Kier molecular flexibility index (Phi) is 6.21. The van der Waals surface area contributed by atoms with Gasteiger partial charge in [-0.15, -0.1) is 0 Å². The molecule has 4 nitrogen and oxygen atoms in total. The van der Waals surface area contributed by atoms with E-state index in [9.17, 15) is 4.79 Å². The minimum Gasteiger partial charge on any atom is -0.376 e. The van der Waals surface area contributed by atoms with Crippen molar-refractivity contribution in [3.05, 3.63) is 35.4 Å². The van der Waals surface area contributed by atoms with Gasteiger partial charge in [0.05, 0.1) is 12.5 Å². The standard InChI is InChI=1S/C17H26N2O2/c1-2-10-21-16-4-3-9-19(13-16)17(20)11-14-5-7-15(12-18)8-6-14/h5-8,16H,2-4,9-13,18H2,1H3. The highest BCUT2D eigenvalue weighted by Gasteiger charge is 2.23. The molecule has 1 aliphatic heterocycles. The molecule has 1 atom stereocenters. The number of carbonyl (C=O) groups excluding carboxylic acids is 1. The van der Waals surface area contributed by atoms with Gasteiger partial charge in [0.1, 0.15) is 0 Å². The minimum atomic E-state index is 0.195. The summed E-state index contributed by atoms with van der Waals surface area (Å²) in [5.41, 5.74) is 7.73. The average molecular weight is 290 g/mol. The SMILES string of the molecule is CCCOC1CCCN(C(=O)Cc2ccc(CN)cc2)C1. The first-order valence-electron chi connectivity index (χ1n) is 7.90. The zero-order valence-corrected chi connectivity index (χ0v) is 12.9. The highest BCUT2D eigenvalue weighted by molar-refractivity contribution is 5.78.